The molecule has 0 aliphatic carbocycles. The maximum absolute atomic E-state index is 15.6. The quantitative estimate of drug-likeness (QED) is 0.427. The molecule has 0 radical (unpaired) electrons. The van der Waals surface area contributed by atoms with Crippen LogP contribution in [-0.4, -0.2) is 29.6 Å². The Morgan fingerprint density at radius 2 is 1.86 bits per heavy atom. The summed E-state index contributed by atoms with van der Waals surface area (Å²) in [5.41, 5.74) is -0.625. The highest BCUT2D eigenvalue weighted by atomic mass is 79.9. The van der Waals surface area contributed by atoms with Gasteiger partial charge in [-0.2, -0.15) is 0 Å². The lowest BCUT2D eigenvalue weighted by atomic mass is 9.62. The predicted molar refractivity (Wildman–Crippen MR) is 139 cm³/mol. The largest absolute Gasteiger partial charge is 0.459 e. The number of hydrogen-bond acceptors (Lipinski definition) is 4. The normalized spacial score (nSPS) is 26.1. The van der Waals surface area contributed by atoms with Crippen molar-refractivity contribution in [3.63, 3.8) is 0 Å². The van der Waals surface area contributed by atoms with Crippen LogP contribution in [0.5, 0.6) is 0 Å². The van der Waals surface area contributed by atoms with E-state index in [9.17, 15) is 9.59 Å². The Morgan fingerprint density at radius 3 is 2.49 bits per heavy atom. The number of amides is 1. The molecule has 8 heteroatoms. The third kappa shape index (κ3) is 4.63. The molecule has 2 heterocycles. The Bertz CT molecular complexity index is 1190. The predicted octanol–water partition coefficient (Wildman–Crippen LogP) is 6.33. The second kappa shape index (κ2) is 8.86. The zero-order valence-corrected chi connectivity index (χ0v) is 23.1. The zero-order chi connectivity index (χ0) is 25.9. The number of benzene rings is 2. The zero-order valence-electron chi connectivity index (χ0n) is 20.8. The van der Waals surface area contributed by atoms with E-state index in [0.717, 1.165) is 10.0 Å². The van der Waals surface area contributed by atoms with Crippen molar-refractivity contribution in [2.75, 3.05) is 5.32 Å². The molecule has 2 aromatic carbocycles. The van der Waals surface area contributed by atoms with Gasteiger partial charge in [-0.3, -0.25) is 14.9 Å². The first-order valence-electron chi connectivity index (χ1n) is 11.7. The van der Waals surface area contributed by atoms with Crippen molar-refractivity contribution in [1.29, 1.82) is 0 Å². The van der Waals surface area contributed by atoms with Gasteiger partial charge < -0.3 is 10.1 Å². The third-order valence-electron chi connectivity index (χ3n) is 6.60. The van der Waals surface area contributed by atoms with Crippen LogP contribution in [0.15, 0.2) is 40.9 Å². The number of anilines is 1. The second-order valence-electron chi connectivity index (χ2n) is 11.6. The van der Waals surface area contributed by atoms with Crippen LogP contribution in [0.2, 0.25) is 5.02 Å². The van der Waals surface area contributed by atoms with E-state index in [2.05, 4.69) is 47.3 Å². The van der Waals surface area contributed by atoms with Crippen LogP contribution in [0.1, 0.15) is 65.0 Å². The van der Waals surface area contributed by atoms with E-state index in [0.29, 0.717) is 12.1 Å². The molecule has 1 saturated heterocycles. The van der Waals surface area contributed by atoms with Gasteiger partial charge in [0, 0.05) is 22.1 Å². The Balaban J connectivity index is 2.01. The van der Waals surface area contributed by atoms with E-state index in [1.807, 2.05) is 18.2 Å². The summed E-state index contributed by atoms with van der Waals surface area (Å²) in [6.07, 6.45) is 0.563. The number of hydrogen-bond donors (Lipinski definition) is 2. The summed E-state index contributed by atoms with van der Waals surface area (Å²) in [6, 6.07) is 8.86. The van der Waals surface area contributed by atoms with Crippen molar-refractivity contribution in [3.8, 4) is 0 Å². The molecule has 1 spiro atoms. The van der Waals surface area contributed by atoms with Crippen molar-refractivity contribution in [2.24, 2.45) is 5.41 Å². The van der Waals surface area contributed by atoms with Crippen molar-refractivity contribution < 1.29 is 18.7 Å². The number of carbonyl (C=O) groups excluding carboxylic acids is 2. The molecule has 188 valence electrons. The van der Waals surface area contributed by atoms with Gasteiger partial charge >= 0.3 is 5.97 Å². The van der Waals surface area contributed by atoms with Crippen molar-refractivity contribution in [2.45, 2.75) is 77.0 Å². The average Bonchev–Trinajstić information content (AvgIpc) is 3.17. The van der Waals surface area contributed by atoms with E-state index >= 15 is 4.39 Å². The number of fused-ring (bicyclic) bond motifs is 2. The number of ether oxygens (including phenoxy) is 1. The summed E-state index contributed by atoms with van der Waals surface area (Å²) < 4.78 is 22.2. The smallest absolute Gasteiger partial charge is 0.324 e. The fourth-order valence-corrected chi connectivity index (χ4v) is 6.04. The third-order valence-corrected chi connectivity index (χ3v) is 7.38. The summed E-state index contributed by atoms with van der Waals surface area (Å²) >= 11 is 9.68. The van der Waals surface area contributed by atoms with Gasteiger partial charge in [0.2, 0.25) is 5.91 Å². The molecule has 1 fully saturated rings. The molecule has 2 unspecified atom stereocenters. The highest BCUT2D eigenvalue weighted by Gasteiger charge is 2.66. The standard InChI is InChI=1S/C27H31BrClFN2O3/c1-25(2,3)13-19-27(16-11-10-14(28)12-18(16)31-24(27)34)20(15-8-7-9-17(29)21(15)30)22(32-19)23(33)35-26(4,5)6/h7-12,19-20,22,32H,13H2,1-6H3,(H,31,34)/t19-,20+,22?,27?/m0/s1. The Hall–Kier alpha value is -1.96. The Labute approximate surface area is 219 Å². The maximum Gasteiger partial charge on any atom is 0.324 e. The van der Waals surface area contributed by atoms with Gasteiger partial charge in [-0.1, -0.05) is 66.5 Å². The highest BCUT2D eigenvalue weighted by molar-refractivity contribution is 9.10. The molecule has 0 aromatic heterocycles. The van der Waals surface area contributed by atoms with Gasteiger partial charge in [0.05, 0.1) is 5.02 Å². The summed E-state index contributed by atoms with van der Waals surface area (Å²) in [6.45, 7) is 11.6. The van der Waals surface area contributed by atoms with Gasteiger partial charge in [0.15, 0.2) is 0 Å². The van der Waals surface area contributed by atoms with Gasteiger partial charge in [0.25, 0.3) is 0 Å². The van der Waals surface area contributed by atoms with Crippen molar-refractivity contribution in [1.82, 2.24) is 5.32 Å². The number of carbonyl (C=O) groups is 2. The average molecular weight is 566 g/mol. The van der Waals surface area contributed by atoms with Gasteiger partial charge in [0.1, 0.15) is 22.9 Å². The minimum atomic E-state index is -1.25. The molecule has 2 N–H and O–H groups in total. The lowest BCUT2D eigenvalue weighted by Crippen LogP contribution is -2.49. The number of nitrogens with one attached hydrogen (secondary N) is 2. The SMILES string of the molecule is CC(C)(C)C[C@@H]1NC(C(=O)OC(C)(C)C)[C@@H](c2cccc(Cl)c2F)C12C(=O)Nc1cc(Br)ccc12. The molecule has 2 aliphatic rings. The molecule has 4 rings (SSSR count). The molecule has 35 heavy (non-hydrogen) atoms. The molecule has 2 aromatic rings. The second-order valence-corrected chi connectivity index (χ2v) is 13.0. The molecule has 0 bridgehead atoms. The lowest BCUT2D eigenvalue weighted by Gasteiger charge is -2.37. The molecular weight excluding hydrogens is 535 g/mol. The van der Waals surface area contributed by atoms with Gasteiger partial charge in [-0.05, 0) is 61.9 Å². The first kappa shape index (κ1) is 26.1. The number of halogens is 3. The van der Waals surface area contributed by atoms with Crippen LogP contribution in [0.3, 0.4) is 0 Å². The maximum atomic E-state index is 15.6. The van der Waals surface area contributed by atoms with E-state index in [-0.39, 0.29) is 21.9 Å². The van der Waals surface area contributed by atoms with Crippen LogP contribution in [0, 0.1) is 11.2 Å². The minimum absolute atomic E-state index is 0.0608. The van der Waals surface area contributed by atoms with Crippen LogP contribution in [0.4, 0.5) is 10.1 Å². The van der Waals surface area contributed by atoms with Gasteiger partial charge in [-0.25, -0.2) is 4.39 Å². The highest BCUT2D eigenvalue weighted by Crippen LogP contribution is 2.57. The number of rotatable bonds is 3. The fourth-order valence-electron chi connectivity index (χ4n) is 5.49. The molecule has 2 aliphatic heterocycles. The van der Waals surface area contributed by atoms with Crippen LogP contribution < -0.4 is 10.6 Å². The molecule has 5 nitrogen and oxygen atoms in total. The summed E-state index contributed by atoms with van der Waals surface area (Å²) in [5, 5.41) is 6.38. The minimum Gasteiger partial charge on any atom is -0.459 e. The monoisotopic (exact) mass is 564 g/mol. The van der Waals surface area contributed by atoms with Gasteiger partial charge in [-0.15, -0.1) is 0 Å². The van der Waals surface area contributed by atoms with Crippen LogP contribution >= 0.6 is 27.5 Å². The first-order chi connectivity index (χ1) is 16.1. The summed E-state index contributed by atoms with van der Waals surface area (Å²) in [5.74, 6) is -2.33. The molecule has 0 saturated carbocycles. The lowest BCUT2D eigenvalue weighted by molar-refractivity contribution is -0.157. The molecule has 1 amide bonds. The van der Waals surface area contributed by atoms with Crippen LogP contribution in [0.25, 0.3) is 0 Å². The van der Waals surface area contributed by atoms with Crippen molar-refractivity contribution in [3.05, 3.63) is 62.8 Å². The first-order valence-corrected chi connectivity index (χ1v) is 12.9. The molecule has 4 atom stereocenters. The van der Waals surface area contributed by atoms with Crippen LogP contribution in [-0.2, 0) is 19.7 Å². The van der Waals surface area contributed by atoms with Crippen molar-refractivity contribution >= 4 is 45.1 Å². The fraction of sp³-hybridized carbons (Fsp3) is 0.481. The number of esters is 1. The van der Waals surface area contributed by atoms with E-state index in [1.54, 1.807) is 32.9 Å². The van der Waals surface area contributed by atoms with E-state index in [1.165, 1.54) is 6.07 Å². The Kier molecular flexibility index (Phi) is 6.61. The topological polar surface area (TPSA) is 67.4 Å². The Morgan fingerprint density at radius 1 is 1.17 bits per heavy atom. The summed E-state index contributed by atoms with van der Waals surface area (Å²) in [7, 11) is 0. The molecular formula is C27H31BrClFN2O3. The van der Waals surface area contributed by atoms with E-state index < -0.39 is 40.8 Å². The van der Waals surface area contributed by atoms with E-state index in [4.69, 9.17) is 16.3 Å². The summed E-state index contributed by atoms with van der Waals surface area (Å²) in [4.78, 5) is 27.6.